The lowest BCUT2D eigenvalue weighted by molar-refractivity contribution is 0.757. The minimum Gasteiger partial charge on any atom is -0.261 e. The first kappa shape index (κ1) is 14.7. The van der Waals surface area contributed by atoms with Gasteiger partial charge in [-0.3, -0.25) is 4.99 Å². The highest BCUT2D eigenvalue weighted by Crippen LogP contribution is 2.09. The molecule has 1 nitrogen and oxygen atoms in total. The van der Waals surface area contributed by atoms with Gasteiger partial charge in [-0.1, -0.05) is 40.3 Å². The molecule has 0 amide bonds. The Labute approximate surface area is 83.3 Å². The molecule has 0 aliphatic rings. The van der Waals surface area contributed by atoms with Gasteiger partial charge in [0.2, 0.25) is 0 Å². The average molecular weight is 181 g/mol. The fourth-order valence-corrected chi connectivity index (χ4v) is 0.742. The van der Waals surface area contributed by atoms with Crippen LogP contribution in [0.15, 0.2) is 28.9 Å². The van der Waals surface area contributed by atoms with Crippen LogP contribution < -0.4 is 0 Å². The van der Waals surface area contributed by atoms with Gasteiger partial charge >= 0.3 is 0 Å². The van der Waals surface area contributed by atoms with E-state index in [2.05, 4.69) is 25.4 Å². The lowest BCUT2D eigenvalue weighted by Crippen LogP contribution is -1.90. The van der Waals surface area contributed by atoms with E-state index in [9.17, 15) is 0 Å². The Morgan fingerprint density at radius 1 is 1.31 bits per heavy atom. The molecule has 0 fully saturated rings. The molecule has 0 aromatic heterocycles. The van der Waals surface area contributed by atoms with E-state index in [4.69, 9.17) is 0 Å². The molecule has 0 atom stereocenters. The standard InChI is InChI=1S/C10H17N.C2H6/c1-6-10(9(4)5)11-7-8(2)3;1-2/h6-7,9H,2H2,1,3-5H3;1-2H3/b10-6-,11-7?;. The lowest BCUT2D eigenvalue weighted by Gasteiger charge is -2.03. The molecule has 0 aromatic carbocycles. The Morgan fingerprint density at radius 2 is 1.77 bits per heavy atom. The van der Waals surface area contributed by atoms with Crippen molar-refractivity contribution in [1.29, 1.82) is 0 Å². The quantitative estimate of drug-likeness (QED) is 0.578. The summed E-state index contributed by atoms with van der Waals surface area (Å²) in [6.07, 6.45) is 3.83. The smallest absolute Gasteiger partial charge is 0.0386 e. The molecular formula is C12H23N. The van der Waals surface area contributed by atoms with Crippen LogP contribution >= 0.6 is 0 Å². The third-order valence-electron chi connectivity index (χ3n) is 1.32. The fraction of sp³-hybridized carbons (Fsp3) is 0.583. The topological polar surface area (TPSA) is 12.4 Å². The molecule has 0 saturated heterocycles. The predicted molar refractivity (Wildman–Crippen MR) is 63.2 cm³/mol. The van der Waals surface area contributed by atoms with E-state index in [-0.39, 0.29) is 0 Å². The molecule has 0 heterocycles. The van der Waals surface area contributed by atoms with E-state index in [1.165, 1.54) is 0 Å². The van der Waals surface area contributed by atoms with Crippen LogP contribution in [0.5, 0.6) is 0 Å². The number of hydrogen-bond donors (Lipinski definition) is 0. The molecular weight excluding hydrogens is 158 g/mol. The molecule has 0 spiro atoms. The van der Waals surface area contributed by atoms with Crippen molar-refractivity contribution < 1.29 is 0 Å². The maximum atomic E-state index is 4.28. The third-order valence-corrected chi connectivity index (χ3v) is 1.32. The Morgan fingerprint density at radius 3 is 2.00 bits per heavy atom. The van der Waals surface area contributed by atoms with Crippen LogP contribution in [0, 0.1) is 5.92 Å². The van der Waals surface area contributed by atoms with Crippen LogP contribution in [-0.4, -0.2) is 6.21 Å². The molecule has 0 aliphatic carbocycles. The molecule has 0 unspecified atom stereocenters. The monoisotopic (exact) mass is 181 g/mol. The van der Waals surface area contributed by atoms with Crippen molar-refractivity contribution in [2.75, 3.05) is 0 Å². The zero-order chi connectivity index (χ0) is 10.9. The summed E-state index contributed by atoms with van der Waals surface area (Å²) in [6.45, 7) is 16.0. The Bertz CT molecular complexity index is 185. The molecule has 0 aliphatic heterocycles. The first-order chi connectivity index (χ1) is 6.07. The largest absolute Gasteiger partial charge is 0.261 e. The van der Waals surface area contributed by atoms with Gasteiger partial charge in [0.1, 0.15) is 0 Å². The number of hydrogen-bond acceptors (Lipinski definition) is 1. The summed E-state index contributed by atoms with van der Waals surface area (Å²) in [5, 5.41) is 0. The van der Waals surface area contributed by atoms with Gasteiger partial charge < -0.3 is 0 Å². The summed E-state index contributed by atoms with van der Waals surface area (Å²) in [7, 11) is 0. The highest BCUT2D eigenvalue weighted by atomic mass is 14.7. The molecule has 0 N–H and O–H groups in total. The SMILES string of the molecule is C=C(C)C=N/C(=C\C)C(C)C.CC. The van der Waals surface area contributed by atoms with Gasteiger partial charge in [-0.15, -0.1) is 0 Å². The van der Waals surface area contributed by atoms with Gasteiger partial charge in [-0.05, 0) is 25.3 Å². The summed E-state index contributed by atoms with van der Waals surface area (Å²) in [5.41, 5.74) is 2.11. The highest BCUT2D eigenvalue weighted by Gasteiger charge is 1.96. The van der Waals surface area contributed by atoms with Gasteiger partial charge in [-0.25, -0.2) is 0 Å². The van der Waals surface area contributed by atoms with Crippen molar-refractivity contribution in [3.8, 4) is 0 Å². The van der Waals surface area contributed by atoms with Gasteiger partial charge in [0.15, 0.2) is 0 Å². The molecule has 1 heteroatoms. The van der Waals surface area contributed by atoms with Crippen molar-refractivity contribution in [3.63, 3.8) is 0 Å². The van der Waals surface area contributed by atoms with E-state index in [0.717, 1.165) is 11.3 Å². The second-order valence-electron chi connectivity index (χ2n) is 2.97. The number of allylic oxidation sites excluding steroid dienone is 3. The first-order valence-corrected chi connectivity index (χ1v) is 4.93. The number of rotatable bonds is 3. The third kappa shape index (κ3) is 9.06. The van der Waals surface area contributed by atoms with Crippen LogP contribution in [0.4, 0.5) is 0 Å². The van der Waals surface area contributed by atoms with Gasteiger partial charge in [0.25, 0.3) is 0 Å². The molecule has 0 aromatic rings. The average Bonchev–Trinajstić information content (AvgIpc) is 2.08. The summed E-state index contributed by atoms with van der Waals surface area (Å²) >= 11 is 0. The second-order valence-corrected chi connectivity index (χ2v) is 2.97. The summed E-state index contributed by atoms with van der Waals surface area (Å²) < 4.78 is 0. The van der Waals surface area contributed by atoms with Gasteiger partial charge in [0.05, 0.1) is 0 Å². The summed E-state index contributed by atoms with van der Waals surface area (Å²) in [4.78, 5) is 4.28. The maximum absolute atomic E-state index is 4.28. The van der Waals surface area contributed by atoms with Gasteiger partial charge in [-0.2, -0.15) is 0 Å². The van der Waals surface area contributed by atoms with Crippen molar-refractivity contribution in [2.45, 2.75) is 41.5 Å². The second kappa shape index (κ2) is 9.24. The zero-order valence-electron chi connectivity index (χ0n) is 9.89. The molecule has 76 valence electrons. The van der Waals surface area contributed by atoms with E-state index in [1.54, 1.807) is 6.21 Å². The van der Waals surface area contributed by atoms with E-state index >= 15 is 0 Å². The minimum absolute atomic E-state index is 0.496. The van der Waals surface area contributed by atoms with Crippen LogP contribution in [0.2, 0.25) is 0 Å². The predicted octanol–water partition coefficient (Wildman–Crippen LogP) is 4.22. The van der Waals surface area contributed by atoms with Crippen molar-refractivity contribution >= 4 is 6.21 Å². The number of nitrogens with zero attached hydrogens (tertiary/aromatic N) is 1. The molecule has 0 radical (unpaired) electrons. The molecule has 0 rings (SSSR count). The summed E-state index contributed by atoms with van der Waals surface area (Å²) in [5.74, 6) is 0.496. The van der Waals surface area contributed by atoms with Crippen molar-refractivity contribution in [1.82, 2.24) is 0 Å². The van der Waals surface area contributed by atoms with Gasteiger partial charge in [0, 0.05) is 11.9 Å². The lowest BCUT2D eigenvalue weighted by atomic mass is 10.1. The van der Waals surface area contributed by atoms with Crippen LogP contribution in [0.25, 0.3) is 0 Å². The molecule has 13 heavy (non-hydrogen) atoms. The van der Waals surface area contributed by atoms with Crippen LogP contribution in [0.3, 0.4) is 0 Å². The van der Waals surface area contributed by atoms with Crippen molar-refractivity contribution in [3.05, 3.63) is 23.9 Å². The zero-order valence-corrected chi connectivity index (χ0v) is 9.89. The maximum Gasteiger partial charge on any atom is 0.0386 e. The molecule has 0 bridgehead atoms. The van der Waals surface area contributed by atoms with E-state index in [1.807, 2.05) is 33.8 Å². The van der Waals surface area contributed by atoms with E-state index < -0.39 is 0 Å². The van der Waals surface area contributed by atoms with E-state index in [0.29, 0.717) is 5.92 Å². The first-order valence-electron chi connectivity index (χ1n) is 4.93. The normalized spacial score (nSPS) is 11.5. The Hall–Kier alpha value is -0.850. The highest BCUT2D eigenvalue weighted by molar-refractivity contribution is 5.77. The number of aliphatic imine (C=N–C) groups is 1. The van der Waals surface area contributed by atoms with Crippen LogP contribution in [-0.2, 0) is 0 Å². The fourth-order valence-electron chi connectivity index (χ4n) is 0.742. The Kier molecular flexibility index (Phi) is 10.4. The van der Waals surface area contributed by atoms with Crippen molar-refractivity contribution in [2.24, 2.45) is 10.9 Å². The van der Waals surface area contributed by atoms with Crippen LogP contribution in [0.1, 0.15) is 41.5 Å². The minimum atomic E-state index is 0.496. The Balaban J connectivity index is 0. The summed E-state index contributed by atoms with van der Waals surface area (Å²) in [6, 6.07) is 0. The molecule has 0 saturated carbocycles.